The molecular weight excluding hydrogens is 338 g/mol. The first kappa shape index (κ1) is 19.1. The summed E-state index contributed by atoms with van der Waals surface area (Å²) < 4.78 is 0. The number of carbonyl (C=O) groups is 3. The highest BCUT2D eigenvalue weighted by Gasteiger charge is 2.34. The molecule has 7 heteroatoms. The first-order chi connectivity index (χ1) is 11.6. The monoisotopic (exact) mass is 361 g/mol. The van der Waals surface area contributed by atoms with Gasteiger partial charge in [-0.3, -0.25) is 14.4 Å². The zero-order chi connectivity index (χ0) is 18.8. The van der Waals surface area contributed by atoms with Crippen molar-refractivity contribution in [2.75, 3.05) is 18.4 Å². The summed E-state index contributed by atoms with van der Waals surface area (Å²) in [6.07, 6.45) is 1.80. The minimum absolute atomic E-state index is 0.155. The smallest absolute Gasteiger partial charge is 0.247 e. The molecular formula is C18H23N3O3S. The molecule has 1 N–H and O–H groups in total. The van der Waals surface area contributed by atoms with Crippen LogP contribution < -0.4 is 5.32 Å². The molecule has 0 saturated carbocycles. The SMILES string of the molecule is Cc1cc(NC(=O)C(C)(C)C)sc1C(=O)[C@H](C#N)C(=O)N1CCCC1. The molecule has 134 valence electrons. The number of hydrogen-bond donors (Lipinski definition) is 1. The standard InChI is InChI=1S/C18H23N3O3S/c1-11-9-13(20-17(24)18(2,3)4)25-15(11)14(22)12(10-19)16(23)21-7-5-6-8-21/h9,12H,5-8H2,1-4H3,(H,20,24)/t12-/m0/s1. The molecule has 25 heavy (non-hydrogen) atoms. The van der Waals surface area contributed by atoms with Crippen molar-refractivity contribution in [2.24, 2.45) is 11.3 Å². The maximum Gasteiger partial charge on any atom is 0.247 e. The van der Waals surface area contributed by atoms with Gasteiger partial charge in [-0.25, -0.2) is 0 Å². The summed E-state index contributed by atoms with van der Waals surface area (Å²) in [5.74, 6) is -2.38. The highest BCUT2D eigenvalue weighted by molar-refractivity contribution is 7.18. The number of aryl methyl sites for hydroxylation is 1. The van der Waals surface area contributed by atoms with E-state index in [0.29, 0.717) is 28.5 Å². The summed E-state index contributed by atoms with van der Waals surface area (Å²) in [4.78, 5) is 39.2. The quantitative estimate of drug-likeness (QED) is 0.659. The van der Waals surface area contributed by atoms with Crippen molar-refractivity contribution in [1.82, 2.24) is 4.90 Å². The number of hydrogen-bond acceptors (Lipinski definition) is 5. The van der Waals surface area contributed by atoms with E-state index in [1.54, 1.807) is 38.7 Å². The number of nitriles is 1. The van der Waals surface area contributed by atoms with Crippen molar-refractivity contribution < 1.29 is 14.4 Å². The number of nitrogens with one attached hydrogen (secondary N) is 1. The topological polar surface area (TPSA) is 90.3 Å². The molecule has 2 heterocycles. The third-order valence-electron chi connectivity index (χ3n) is 4.12. The van der Waals surface area contributed by atoms with Crippen molar-refractivity contribution in [1.29, 1.82) is 5.26 Å². The Bertz CT molecular complexity index is 734. The lowest BCUT2D eigenvalue weighted by molar-refractivity contribution is -0.131. The van der Waals surface area contributed by atoms with Gasteiger partial charge in [0.05, 0.1) is 15.9 Å². The van der Waals surface area contributed by atoms with Gasteiger partial charge in [-0.05, 0) is 31.4 Å². The Labute approximate surface area is 151 Å². The fraction of sp³-hybridized carbons (Fsp3) is 0.556. The molecule has 0 unspecified atom stereocenters. The van der Waals surface area contributed by atoms with Gasteiger partial charge in [0.25, 0.3) is 0 Å². The van der Waals surface area contributed by atoms with E-state index < -0.39 is 23.0 Å². The summed E-state index contributed by atoms with van der Waals surface area (Å²) in [7, 11) is 0. The van der Waals surface area contributed by atoms with E-state index in [-0.39, 0.29) is 5.91 Å². The Balaban J connectivity index is 2.19. The largest absolute Gasteiger partial charge is 0.341 e. The Morgan fingerprint density at radius 1 is 1.28 bits per heavy atom. The molecule has 1 aliphatic heterocycles. The molecule has 0 bridgehead atoms. The zero-order valence-electron chi connectivity index (χ0n) is 15.0. The highest BCUT2D eigenvalue weighted by atomic mass is 32.1. The van der Waals surface area contributed by atoms with Crippen LogP contribution in [0.2, 0.25) is 0 Å². The minimum Gasteiger partial charge on any atom is -0.341 e. The van der Waals surface area contributed by atoms with E-state index in [2.05, 4.69) is 5.32 Å². The van der Waals surface area contributed by atoms with Crippen LogP contribution in [0.25, 0.3) is 0 Å². The van der Waals surface area contributed by atoms with Crippen LogP contribution >= 0.6 is 11.3 Å². The van der Waals surface area contributed by atoms with Gasteiger partial charge in [-0.1, -0.05) is 20.8 Å². The molecule has 1 aromatic rings. The second kappa shape index (κ2) is 7.36. The molecule has 1 atom stereocenters. The third kappa shape index (κ3) is 4.26. The number of nitrogens with zero attached hydrogens (tertiary/aromatic N) is 2. The predicted octanol–water partition coefficient (Wildman–Crippen LogP) is 2.99. The summed E-state index contributed by atoms with van der Waals surface area (Å²) in [6, 6.07) is 3.56. The molecule has 2 rings (SSSR count). The summed E-state index contributed by atoms with van der Waals surface area (Å²) in [5, 5.41) is 12.7. The molecule has 6 nitrogen and oxygen atoms in total. The number of carbonyl (C=O) groups excluding carboxylic acids is 3. The fourth-order valence-electron chi connectivity index (χ4n) is 2.56. The lowest BCUT2D eigenvalue weighted by atomic mass is 9.96. The predicted molar refractivity (Wildman–Crippen MR) is 96.4 cm³/mol. The van der Waals surface area contributed by atoms with Crippen LogP contribution in [0.3, 0.4) is 0 Å². The van der Waals surface area contributed by atoms with Crippen LogP contribution in [-0.2, 0) is 9.59 Å². The maximum absolute atomic E-state index is 12.7. The lowest BCUT2D eigenvalue weighted by Crippen LogP contribution is -2.37. The van der Waals surface area contributed by atoms with Gasteiger partial charge in [-0.2, -0.15) is 5.26 Å². The van der Waals surface area contributed by atoms with Crippen molar-refractivity contribution in [3.05, 3.63) is 16.5 Å². The minimum atomic E-state index is -1.32. The number of rotatable bonds is 4. The van der Waals surface area contributed by atoms with Gasteiger partial charge in [0.1, 0.15) is 0 Å². The van der Waals surface area contributed by atoms with Crippen LogP contribution in [0.5, 0.6) is 0 Å². The normalized spacial score (nSPS) is 15.6. The molecule has 0 radical (unpaired) electrons. The third-order valence-corrected chi connectivity index (χ3v) is 5.28. The van der Waals surface area contributed by atoms with Gasteiger partial charge in [0.2, 0.25) is 11.8 Å². The molecule has 1 fully saturated rings. The summed E-state index contributed by atoms with van der Waals surface area (Å²) >= 11 is 1.11. The van der Waals surface area contributed by atoms with Crippen LogP contribution in [0.4, 0.5) is 5.00 Å². The van der Waals surface area contributed by atoms with Crippen LogP contribution in [0.1, 0.15) is 48.8 Å². The second-order valence-electron chi connectivity index (χ2n) is 7.29. The van der Waals surface area contributed by atoms with E-state index in [1.807, 2.05) is 6.07 Å². The molecule has 2 amide bonds. The van der Waals surface area contributed by atoms with Gasteiger partial charge < -0.3 is 10.2 Å². The van der Waals surface area contributed by atoms with Crippen molar-refractivity contribution >= 4 is 33.9 Å². The van der Waals surface area contributed by atoms with E-state index in [9.17, 15) is 19.6 Å². The molecule has 1 aromatic heterocycles. The molecule has 0 aliphatic carbocycles. The van der Waals surface area contributed by atoms with Gasteiger partial charge in [0, 0.05) is 18.5 Å². The van der Waals surface area contributed by atoms with Gasteiger partial charge >= 0.3 is 0 Å². The highest BCUT2D eigenvalue weighted by Crippen LogP contribution is 2.30. The molecule has 1 saturated heterocycles. The summed E-state index contributed by atoms with van der Waals surface area (Å²) in [5.41, 5.74) is 0.108. The number of thiophene rings is 1. The average molecular weight is 361 g/mol. The van der Waals surface area contributed by atoms with E-state index in [1.165, 1.54) is 0 Å². The maximum atomic E-state index is 12.7. The Kier molecular flexibility index (Phi) is 5.63. The fourth-order valence-corrected chi connectivity index (χ4v) is 3.60. The lowest BCUT2D eigenvalue weighted by Gasteiger charge is -2.17. The Morgan fingerprint density at radius 2 is 1.88 bits per heavy atom. The molecule has 0 aromatic carbocycles. The second-order valence-corrected chi connectivity index (χ2v) is 8.34. The van der Waals surface area contributed by atoms with Crippen molar-refractivity contribution in [3.63, 3.8) is 0 Å². The molecule has 1 aliphatic rings. The van der Waals surface area contributed by atoms with Crippen LogP contribution in [0.15, 0.2) is 6.07 Å². The van der Waals surface area contributed by atoms with Crippen molar-refractivity contribution in [2.45, 2.75) is 40.5 Å². The summed E-state index contributed by atoms with van der Waals surface area (Å²) in [6.45, 7) is 8.34. The first-order valence-corrected chi connectivity index (χ1v) is 9.11. The Hall–Kier alpha value is -2.20. The number of ketones is 1. The number of amides is 2. The van der Waals surface area contributed by atoms with E-state index in [0.717, 1.165) is 24.2 Å². The van der Waals surface area contributed by atoms with E-state index >= 15 is 0 Å². The number of likely N-dealkylation sites (tertiary alicyclic amines) is 1. The number of Topliss-reactive ketones (excluding diaryl/α,β-unsaturated/α-hetero) is 1. The number of anilines is 1. The van der Waals surface area contributed by atoms with Crippen molar-refractivity contribution in [3.8, 4) is 6.07 Å². The zero-order valence-corrected chi connectivity index (χ0v) is 15.8. The van der Waals surface area contributed by atoms with Gasteiger partial charge in [-0.15, -0.1) is 11.3 Å². The average Bonchev–Trinajstić information content (AvgIpc) is 3.16. The van der Waals surface area contributed by atoms with Gasteiger partial charge in [0.15, 0.2) is 11.7 Å². The Morgan fingerprint density at radius 3 is 2.40 bits per heavy atom. The van der Waals surface area contributed by atoms with Crippen LogP contribution in [-0.4, -0.2) is 35.6 Å². The van der Waals surface area contributed by atoms with E-state index in [4.69, 9.17) is 0 Å². The van der Waals surface area contributed by atoms with Crippen LogP contribution in [0, 0.1) is 29.6 Å². The first-order valence-electron chi connectivity index (χ1n) is 8.29. The molecule has 0 spiro atoms.